The summed E-state index contributed by atoms with van der Waals surface area (Å²) < 4.78 is 12.6. The predicted octanol–water partition coefficient (Wildman–Crippen LogP) is 2.49. The highest BCUT2D eigenvalue weighted by Crippen LogP contribution is 2.17. The molecule has 0 aromatic heterocycles. The van der Waals surface area contributed by atoms with Crippen LogP contribution in [0, 0.1) is 5.82 Å². The highest BCUT2D eigenvalue weighted by molar-refractivity contribution is 6.17. The van der Waals surface area contributed by atoms with Crippen molar-refractivity contribution in [2.75, 3.05) is 5.88 Å². The Kier molecular flexibility index (Phi) is 3.50. The summed E-state index contributed by atoms with van der Waals surface area (Å²) in [6, 6.07) is 5.91. The Balaban J connectivity index is 2.73. The summed E-state index contributed by atoms with van der Waals surface area (Å²) in [5.41, 5.74) is 0.579. The maximum atomic E-state index is 12.6. The van der Waals surface area contributed by atoms with Gasteiger partial charge in [0.15, 0.2) is 0 Å². The molecule has 1 rings (SSSR count). The molecule has 1 aromatic rings. The average Bonchev–Trinajstić information content (AvgIpc) is 2.05. The summed E-state index contributed by atoms with van der Waals surface area (Å²) in [4.78, 5) is 0. The molecule has 66 valence electrons. The molecule has 0 saturated heterocycles. The minimum absolute atomic E-state index is 0.332. The fraction of sp³-hybridized carbons (Fsp3) is 0.333. The molecule has 12 heavy (non-hydrogen) atoms. The second-order valence-corrected chi connectivity index (χ2v) is 2.93. The number of hydrogen-bond acceptors (Lipinski definition) is 1. The van der Waals surface area contributed by atoms with Crippen LogP contribution < -0.4 is 0 Å². The second kappa shape index (κ2) is 4.43. The van der Waals surface area contributed by atoms with Crippen LogP contribution in [0.5, 0.6) is 0 Å². The Morgan fingerprint density at radius 1 is 1.50 bits per heavy atom. The van der Waals surface area contributed by atoms with E-state index in [1.54, 1.807) is 12.1 Å². The van der Waals surface area contributed by atoms with Crippen LogP contribution in [0.2, 0.25) is 0 Å². The van der Waals surface area contributed by atoms with E-state index in [9.17, 15) is 9.50 Å². The normalized spacial score (nSPS) is 12.9. The molecule has 0 aliphatic carbocycles. The van der Waals surface area contributed by atoms with Crippen molar-refractivity contribution < 1.29 is 9.50 Å². The number of benzene rings is 1. The number of hydrogen-bond donors (Lipinski definition) is 1. The van der Waals surface area contributed by atoms with Crippen molar-refractivity contribution in [3.05, 3.63) is 35.6 Å². The molecule has 0 radical (unpaired) electrons. The van der Waals surface area contributed by atoms with E-state index in [0.29, 0.717) is 17.9 Å². The molecule has 1 N–H and O–H groups in total. The number of aliphatic hydroxyl groups excluding tert-OH is 1. The van der Waals surface area contributed by atoms with Gasteiger partial charge in [-0.3, -0.25) is 0 Å². The molecule has 0 bridgehead atoms. The quantitative estimate of drug-likeness (QED) is 0.723. The van der Waals surface area contributed by atoms with Gasteiger partial charge in [-0.15, -0.1) is 11.6 Å². The zero-order chi connectivity index (χ0) is 8.97. The first kappa shape index (κ1) is 9.49. The molecule has 0 aliphatic heterocycles. The maximum absolute atomic E-state index is 12.6. The number of rotatable bonds is 3. The van der Waals surface area contributed by atoms with E-state index in [2.05, 4.69) is 0 Å². The van der Waals surface area contributed by atoms with E-state index in [1.165, 1.54) is 12.1 Å². The summed E-state index contributed by atoms with van der Waals surface area (Å²) >= 11 is 5.43. The predicted molar refractivity (Wildman–Crippen MR) is 46.7 cm³/mol. The van der Waals surface area contributed by atoms with E-state index in [-0.39, 0.29) is 5.82 Å². The molecule has 1 atom stereocenters. The fourth-order valence-corrected chi connectivity index (χ4v) is 1.19. The molecular formula is C9H10ClFO. The monoisotopic (exact) mass is 188 g/mol. The third kappa shape index (κ3) is 2.47. The molecule has 0 aliphatic rings. The van der Waals surface area contributed by atoms with Crippen LogP contribution in [0.3, 0.4) is 0 Å². The molecular weight excluding hydrogens is 179 g/mol. The summed E-state index contributed by atoms with van der Waals surface area (Å²) in [5.74, 6) is 0.0404. The van der Waals surface area contributed by atoms with Gasteiger partial charge in [0.2, 0.25) is 0 Å². The highest BCUT2D eigenvalue weighted by Gasteiger charge is 2.06. The highest BCUT2D eigenvalue weighted by atomic mass is 35.5. The number of alkyl halides is 1. The maximum Gasteiger partial charge on any atom is 0.123 e. The van der Waals surface area contributed by atoms with Crippen LogP contribution in [0.4, 0.5) is 4.39 Å². The zero-order valence-electron chi connectivity index (χ0n) is 6.50. The molecule has 1 nitrogen and oxygen atoms in total. The SMILES string of the molecule is OC(CCCl)c1cccc(F)c1. The van der Waals surface area contributed by atoms with E-state index < -0.39 is 6.10 Å². The van der Waals surface area contributed by atoms with Gasteiger partial charge in [-0.2, -0.15) is 0 Å². The van der Waals surface area contributed by atoms with Gasteiger partial charge in [0.1, 0.15) is 5.82 Å². The van der Waals surface area contributed by atoms with Crippen molar-refractivity contribution in [1.82, 2.24) is 0 Å². The molecule has 1 aromatic carbocycles. The van der Waals surface area contributed by atoms with Gasteiger partial charge in [0.25, 0.3) is 0 Å². The third-order valence-electron chi connectivity index (χ3n) is 1.62. The van der Waals surface area contributed by atoms with Crippen molar-refractivity contribution in [3.8, 4) is 0 Å². The Morgan fingerprint density at radius 2 is 2.25 bits per heavy atom. The van der Waals surface area contributed by atoms with Crippen molar-refractivity contribution >= 4 is 11.6 Å². The van der Waals surface area contributed by atoms with Crippen molar-refractivity contribution in [3.63, 3.8) is 0 Å². The van der Waals surface area contributed by atoms with Gasteiger partial charge in [-0.1, -0.05) is 12.1 Å². The lowest BCUT2D eigenvalue weighted by Crippen LogP contribution is -1.98. The van der Waals surface area contributed by atoms with E-state index >= 15 is 0 Å². The fourth-order valence-electron chi connectivity index (χ4n) is 0.984. The van der Waals surface area contributed by atoms with Crippen LogP contribution in [-0.2, 0) is 0 Å². The molecule has 0 spiro atoms. The Morgan fingerprint density at radius 3 is 2.83 bits per heavy atom. The average molecular weight is 189 g/mol. The van der Waals surface area contributed by atoms with Gasteiger partial charge in [-0.05, 0) is 24.1 Å². The van der Waals surface area contributed by atoms with Crippen LogP contribution >= 0.6 is 11.6 Å². The van der Waals surface area contributed by atoms with Gasteiger partial charge in [0, 0.05) is 5.88 Å². The molecule has 0 heterocycles. The molecule has 1 unspecified atom stereocenters. The van der Waals surface area contributed by atoms with Gasteiger partial charge < -0.3 is 5.11 Å². The summed E-state index contributed by atoms with van der Waals surface area (Å²) in [6.45, 7) is 0. The topological polar surface area (TPSA) is 20.2 Å². The zero-order valence-corrected chi connectivity index (χ0v) is 7.26. The van der Waals surface area contributed by atoms with Crippen LogP contribution in [-0.4, -0.2) is 11.0 Å². The standard InChI is InChI=1S/C9H10ClFO/c10-5-4-9(12)7-2-1-3-8(11)6-7/h1-3,6,9,12H,4-5H2. The van der Waals surface area contributed by atoms with Gasteiger partial charge >= 0.3 is 0 Å². The first-order valence-corrected chi connectivity index (χ1v) is 4.27. The van der Waals surface area contributed by atoms with E-state index in [4.69, 9.17) is 11.6 Å². The first-order valence-electron chi connectivity index (χ1n) is 3.73. The summed E-state index contributed by atoms with van der Waals surface area (Å²) in [6.07, 6.45) is -0.205. The lowest BCUT2D eigenvalue weighted by atomic mass is 10.1. The first-order chi connectivity index (χ1) is 5.74. The smallest absolute Gasteiger partial charge is 0.123 e. The van der Waals surface area contributed by atoms with Crippen LogP contribution in [0.1, 0.15) is 18.1 Å². The Labute approximate surface area is 75.8 Å². The van der Waals surface area contributed by atoms with E-state index in [1.807, 2.05) is 0 Å². The molecule has 3 heteroatoms. The lowest BCUT2D eigenvalue weighted by Gasteiger charge is -2.07. The van der Waals surface area contributed by atoms with Crippen molar-refractivity contribution in [2.24, 2.45) is 0 Å². The summed E-state index contributed by atoms with van der Waals surface area (Å²) in [5, 5.41) is 9.39. The Hall–Kier alpha value is -0.600. The molecule has 0 amide bonds. The minimum Gasteiger partial charge on any atom is -0.388 e. The number of halogens is 2. The van der Waals surface area contributed by atoms with E-state index in [0.717, 1.165) is 0 Å². The van der Waals surface area contributed by atoms with Crippen LogP contribution in [0.15, 0.2) is 24.3 Å². The third-order valence-corrected chi connectivity index (χ3v) is 1.83. The summed E-state index contributed by atoms with van der Waals surface area (Å²) in [7, 11) is 0. The second-order valence-electron chi connectivity index (χ2n) is 2.55. The number of aliphatic hydroxyl groups is 1. The minimum atomic E-state index is -0.654. The molecule has 0 saturated carbocycles. The van der Waals surface area contributed by atoms with Gasteiger partial charge in [-0.25, -0.2) is 4.39 Å². The lowest BCUT2D eigenvalue weighted by molar-refractivity contribution is 0.174. The molecule has 0 fully saturated rings. The van der Waals surface area contributed by atoms with Crippen LogP contribution in [0.25, 0.3) is 0 Å². The largest absolute Gasteiger partial charge is 0.388 e. The van der Waals surface area contributed by atoms with Crippen molar-refractivity contribution in [1.29, 1.82) is 0 Å². The Bertz CT molecular complexity index is 252. The van der Waals surface area contributed by atoms with Crippen molar-refractivity contribution in [2.45, 2.75) is 12.5 Å². The van der Waals surface area contributed by atoms with Gasteiger partial charge in [0.05, 0.1) is 6.10 Å².